The predicted molar refractivity (Wildman–Crippen MR) is 95.6 cm³/mol. The zero-order valence-electron chi connectivity index (χ0n) is 13.3. The van der Waals surface area contributed by atoms with Gasteiger partial charge in [-0.3, -0.25) is 9.59 Å². The Hall–Kier alpha value is -2.27. The highest BCUT2D eigenvalue weighted by Crippen LogP contribution is 2.12. The average molecular weight is 328 g/mol. The fourth-order valence-corrected chi connectivity index (χ4v) is 2.69. The number of benzene rings is 2. The number of hydrogen-bond donors (Lipinski definition) is 2. The van der Waals surface area contributed by atoms with Gasteiger partial charge < -0.3 is 10.6 Å². The van der Waals surface area contributed by atoms with E-state index in [9.17, 15) is 9.59 Å². The molecular formula is C18H20N2O2S. The third kappa shape index (κ3) is 5.45. The molecule has 4 nitrogen and oxygen atoms in total. The molecule has 5 heteroatoms. The molecule has 0 bridgehead atoms. The number of carbonyl (C=O) groups excluding carboxylic acids is 2. The van der Waals surface area contributed by atoms with Crippen LogP contribution >= 0.6 is 11.8 Å². The first-order chi connectivity index (χ1) is 11.1. The lowest BCUT2D eigenvalue weighted by Crippen LogP contribution is -2.22. The van der Waals surface area contributed by atoms with E-state index < -0.39 is 0 Å². The third-order valence-electron chi connectivity index (χ3n) is 3.23. The molecule has 0 aliphatic heterocycles. The number of rotatable bonds is 6. The maximum atomic E-state index is 12.2. The molecule has 0 aliphatic rings. The molecule has 2 N–H and O–H groups in total. The van der Waals surface area contributed by atoms with Gasteiger partial charge in [-0.15, -0.1) is 0 Å². The van der Waals surface area contributed by atoms with Crippen molar-refractivity contribution in [3.63, 3.8) is 0 Å². The van der Waals surface area contributed by atoms with Gasteiger partial charge >= 0.3 is 0 Å². The minimum Gasteiger partial charge on any atom is -0.348 e. The summed E-state index contributed by atoms with van der Waals surface area (Å²) in [6.07, 6.45) is 2.05. The van der Waals surface area contributed by atoms with E-state index in [0.29, 0.717) is 12.1 Å². The van der Waals surface area contributed by atoms with Gasteiger partial charge in [0, 0.05) is 30.5 Å². The lowest BCUT2D eigenvalue weighted by Gasteiger charge is -2.08. The molecule has 23 heavy (non-hydrogen) atoms. The largest absolute Gasteiger partial charge is 0.348 e. The SMILES string of the molecule is CSCc1ccc(C(=O)NCc2cccc(NC(C)=O)c2)cc1. The van der Waals surface area contributed by atoms with Crippen LogP contribution in [0.25, 0.3) is 0 Å². The summed E-state index contributed by atoms with van der Waals surface area (Å²) < 4.78 is 0. The van der Waals surface area contributed by atoms with E-state index in [-0.39, 0.29) is 11.8 Å². The summed E-state index contributed by atoms with van der Waals surface area (Å²) in [6, 6.07) is 15.1. The molecular weight excluding hydrogens is 308 g/mol. The first kappa shape index (κ1) is 17.1. The zero-order chi connectivity index (χ0) is 16.7. The van der Waals surface area contributed by atoms with Gasteiger partial charge in [0.25, 0.3) is 5.91 Å². The van der Waals surface area contributed by atoms with Crippen molar-refractivity contribution in [1.29, 1.82) is 0 Å². The molecule has 2 aromatic carbocycles. The highest BCUT2D eigenvalue weighted by atomic mass is 32.2. The standard InChI is InChI=1S/C18H20N2O2S/c1-13(21)20-17-5-3-4-15(10-17)11-19-18(22)16-8-6-14(7-9-16)12-23-2/h3-10H,11-12H2,1-2H3,(H,19,22)(H,20,21). The summed E-state index contributed by atoms with van der Waals surface area (Å²) in [5.41, 5.74) is 3.51. The Morgan fingerprint density at radius 1 is 1.04 bits per heavy atom. The highest BCUT2D eigenvalue weighted by Gasteiger charge is 2.05. The Balaban J connectivity index is 1.94. The van der Waals surface area contributed by atoms with Crippen molar-refractivity contribution in [2.75, 3.05) is 11.6 Å². The van der Waals surface area contributed by atoms with Crippen LogP contribution in [0.15, 0.2) is 48.5 Å². The van der Waals surface area contributed by atoms with Gasteiger partial charge in [0.15, 0.2) is 0 Å². The predicted octanol–water partition coefficient (Wildman–Crippen LogP) is 3.44. The second kappa shape index (κ2) is 8.39. The van der Waals surface area contributed by atoms with Crippen molar-refractivity contribution in [2.45, 2.75) is 19.2 Å². The lowest BCUT2D eigenvalue weighted by atomic mass is 10.1. The number of nitrogens with one attached hydrogen (secondary N) is 2. The van der Waals surface area contributed by atoms with E-state index in [1.807, 2.05) is 48.5 Å². The minimum atomic E-state index is -0.114. The molecule has 0 saturated carbocycles. The molecule has 0 radical (unpaired) electrons. The van der Waals surface area contributed by atoms with E-state index in [4.69, 9.17) is 0 Å². The van der Waals surface area contributed by atoms with Crippen LogP contribution < -0.4 is 10.6 Å². The van der Waals surface area contributed by atoms with E-state index in [1.54, 1.807) is 11.8 Å². The Bertz CT molecular complexity index is 684. The summed E-state index contributed by atoms with van der Waals surface area (Å²) in [6.45, 7) is 1.88. The van der Waals surface area contributed by atoms with Gasteiger partial charge in [0.1, 0.15) is 0 Å². The Labute approximate surface area is 140 Å². The topological polar surface area (TPSA) is 58.2 Å². The van der Waals surface area contributed by atoms with Gasteiger partial charge in [-0.05, 0) is 41.6 Å². The number of carbonyl (C=O) groups is 2. The van der Waals surface area contributed by atoms with E-state index in [1.165, 1.54) is 12.5 Å². The lowest BCUT2D eigenvalue weighted by molar-refractivity contribution is -0.114. The second-order valence-electron chi connectivity index (χ2n) is 5.19. The van der Waals surface area contributed by atoms with Crippen LogP contribution in [-0.4, -0.2) is 18.1 Å². The Morgan fingerprint density at radius 3 is 2.43 bits per heavy atom. The average Bonchev–Trinajstić information content (AvgIpc) is 2.53. The summed E-state index contributed by atoms with van der Waals surface area (Å²) in [5.74, 6) is 0.722. The maximum Gasteiger partial charge on any atom is 0.251 e. The Morgan fingerprint density at radius 2 is 1.78 bits per heavy atom. The molecule has 0 unspecified atom stereocenters. The van der Waals surface area contributed by atoms with Crippen LogP contribution in [0.4, 0.5) is 5.69 Å². The van der Waals surface area contributed by atoms with Crippen LogP contribution in [0.1, 0.15) is 28.4 Å². The fraction of sp³-hybridized carbons (Fsp3) is 0.222. The van der Waals surface area contributed by atoms with Crippen molar-refractivity contribution in [2.24, 2.45) is 0 Å². The number of thioether (sulfide) groups is 1. The summed E-state index contributed by atoms with van der Waals surface area (Å²) >= 11 is 1.75. The molecule has 0 atom stereocenters. The van der Waals surface area contributed by atoms with E-state index >= 15 is 0 Å². The zero-order valence-corrected chi connectivity index (χ0v) is 14.1. The van der Waals surface area contributed by atoms with Crippen molar-refractivity contribution >= 4 is 29.3 Å². The number of amides is 2. The van der Waals surface area contributed by atoms with Gasteiger partial charge in [0.05, 0.1) is 0 Å². The first-order valence-electron chi connectivity index (χ1n) is 7.31. The summed E-state index contributed by atoms with van der Waals surface area (Å²) in [4.78, 5) is 23.2. The molecule has 0 saturated heterocycles. The summed E-state index contributed by atoms with van der Waals surface area (Å²) in [5, 5.41) is 5.62. The van der Waals surface area contributed by atoms with E-state index in [0.717, 1.165) is 17.0 Å². The molecule has 2 aromatic rings. The van der Waals surface area contributed by atoms with Crippen molar-refractivity contribution < 1.29 is 9.59 Å². The molecule has 0 aliphatic carbocycles. The monoisotopic (exact) mass is 328 g/mol. The van der Waals surface area contributed by atoms with Gasteiger partial charge in [-0.2, -0.15) is 11.8 Å². The van der Waals surface area contributed by atoms with Crippen LogP contribution in [-0.2, 0) is 17.1 Å². The molecule has 0 spiro atoms. The minimum absolute atomic E-state index is 0.106. The van der Waals surface area contributed by atoms with Gasteiger partial charge in [-0.1, -0.05) is 24.3 Å². The molecule has 0 heterocycles. The highest BCUT2D eigenvalue weighted by molar-refractivity contribution is 7.97. The molecule has 120 valence electrons. The van der Waals surface area contributed by atoms with E-state index in [2.05, 4.69) is 16.9 Å². The van der Waals surface area contributed by atoms with Crippen molar-refractivity contribution in [1.82, 2.24) is 5.32 Å². The smallest absolute Gasteiger partial charge is 0.251 e. The Kier molecular flexibility index (Phi) is 6.23. The quantitative estimate of drug-likeness (QED) is 0.854. The van der Waals surface area contributed by atoms with Crippen LogP contribution in [0.3, 0.4) is 0 Å². The fourth-order valence-electron chi connectivity index (χ4n) is 2.17. The summed E-state index contributed by atoms with van der Waals surface area (Å²) in [7, 11) is 0. The molecule has 0 fully saturated rings. The van der Waals surface area contributed by atoms with Crippen LogP contribution in [0, 0.1) is 0 Å². The maximum absolute atomic E-state index is 12.2. The molecule has 0 aromatic heterocycles. The second-order valence-corrected chi connectivity index (χ2v) is 6.06. The van der Waals surface area contributed by atoms with Crippen molar-refractivity contribution in [3.05, 3.63) is 65.2 Å². The molecule has 2 amide bonds. The number of hydrogen-bond acceptors (Lipinski definition) is 3. The van der Waals surface area contributed by atoms with Crippen molar-refractivity contribution in [3.8, 4) is 0 Å². The normalized spacial score (nSPS) is 10.2. The first-order valence-corrected chi connectivity index (χ1v) is 8.70. The van der Waals surface area contributed by atoms with Crippen LogP contribution in [0.5, 0.6) is 0 Å². The third-order valence-corrected chi connectivity index (χ3v) is 3.85. The van der Waals surface area contributed by atoms with Gasteiger partial charge in [-0.25, -0.2) is 0 Å². The molecule has 2 rings (SSSR count). The van der Waals surface area contributed by atoms with Gasteiger partial charge in [0.2, 0.25) is 5.91 Å². The van der Waals surface area contributed by atoms with Crippen LogP contribution in [0.2, 0.25) is 0 Å². The number of anilines is 1.